The van der Waals surface area contributed by atoms with Gasteiger partial charge in [-0.1, -0.05) is 38.1 Å². The third-order valence-electron chi connectivity index (χ3n) is 4.60. The lowest BCUT2D eigenvalue weighted by atomic mass is 9.93. The number of halogens is 1. The Morgan fingerprint density at radius 2 is 2.08 bits per heavy atom. The molecule has 2 aromatic rings. The van der Waals surface area contributed by atoms with Crippen LogP contribution >= 0.6 is 12.4 Å². The lowest BCUT2D eigenvalue weighted by Gasteiger charge is -2.23. The Balaban J connectivity index is 0.00000225. The van der Waals surface area contributed by atoms with Gasteiger partial charge in [0.2, 0.25) is 0 Å². The number of hydrogen-bond donors (Lipinski definition) is 3. The van der Waals surface area contributed by atoms with E-state index in [1.54, 1.807) is 0 Å². The number of nitrogens with zero attached hydrogens (tertiary/aromatic N) is 1. The van der Waals surface area contributed by atoms with Gasteiger partial charge in [0.15, 0.2) is 5.69 Å². The van der Waals surface area contributed by atoms with E-state index in [-0.39, 0.29) is 24.4 Å². The van der Waals surface area contributed by atoms with Gasteiger partial charge in [0.05, 0.1) is 6.04 Å². The van der Waals surface area contributed by atoms with Crippen molar-refractivity contribution in [2.75, 3.05) is 6.54 Å². The van der Waals surface area contributed by atoms with Gasteiger partial charge in [0.25, 0.3) is 5.91 Å². The molecule has 3 N–H and O–H groups in total. The van der Waals surface area contributed by atoms with Crippen molar-refractivity contribution in [3.8, 4) is 0 Å². The van der Waals surface area contributed by atoms with E-state index in [0.29, 0.717) is 18.2 Å². The van der Waals surface area contributed by atoms with E-state index >= 15 is 0 Å². The fourth-order valence-electron chi connectivity index (χ4n) is 3.35. The molecule has 1 aliphatic rings. The second-order valence-corrected chi connectivity index (χ2v) is 6.97. The van der Waals surface area contributed by atoms with Crippen LogP contribution in [-0.2, 0) is 13.0 Å². The number of aryl methyl sites for hydroxylation is 1. The first-order valence-electron chi connectivity index (χ1n) is 8.69. The van der Waals surface area contributed by atoms with Crippen LogP contribution in [0.3, 0.4) is 0 Å². The maximum Gasteiger partial charge on any atom is 0.272 e. The van der Waals surface area contributed by atoms with Crippen LogP contribution in [0.5, 0.6) is 0 Å². The Bertz CT molecular complexity index is 726. The molecule has 0 spiro atoms. The highest BCUT2D eigenvalue weighted by atomic mass is 35.5. The van der Waals surface area contributed by atoms with Gasteiger partial charge in [-0.15, -0.1) is 12.4 Å². The van der Waals surface area contributed by atoms with Crippen molar-refractivity contribution in [1.29, 1.82) is 0 Å². The predicted molar refractivity (Wildman–Crippen MR) is 102 cm³/mol. The van der Waals surface area contributed by atoms with Crippen molar-refractivity contribution in [2.45, 2.75) is 46.2 Å². The summed E-state index contributed by atoms with van der Waals surface area (Å²) in [5, 5.41) is 13.8. The van der Waals surface area contributed by atoms with Gasteiger partial charge in [0, 0.05) is 30.8 Å². The van der Waals surface area contributed by atoms with Crippen LogP contribution in [0.1, 0.15) is 59.2 Å². The minimum absolute atomic E-state index is 0. The number of aromatic nitrogens is 2. The highest BCUT2D eigenvalue weighted by Crippen LogP contribution is 2.25. The lowest BCUT2D eigenvalue weighted by Crippen LogP contribution is -2.32. The molecule has 1 aromatic heterocycles. The third-order valence-corrected chi connectivity index (χ3v) is 4.60. The summed E-state index contributed by atoms with van der Waals surface area (Å²) in [6.45, 7) is 8.08. The smallest absolute Gasteiger partial charge is 0.272 e. The minimum Gasteiger partial charge on any atom is -0.344 e. The number of nitrogens with one attached hydrogen (secondary N) is 3. The summed E-state index contributed by atoms with van der Waals surface area (Å²) >= 11 is 0. The van der Waals surface area contributed by atoms with Crippen molar-refractivity contribution in [2.24, 2.45) is 5.92 Å². The molecule has 0 saturated heterocycles. The van der Waals surface area contributed by atoms with E-state index in [1.807, 2.05) is 12.1 Å². The molecule has 1 atom stereocenters. The summed E-state index contributed by atoms with van der Waals surface area (Å²) in [6.07, 6.45) is 1.80. The van der Waals surface area contributed by atoms with Crippen LogP contribution in [0, 0.1) is 12.8 Å². The Kier molecular flexibility index (Phi) is 6.62. The zero-order chi connectivity index (χ0) is 17.1. The maximum absolute atomic E-state index is 12.8. The maximum atomic E-state index is 12.8. The fourth-order valence-corrected chi connectivity index (χ4v) is 3.35. The number of benzene rings is 1. The first kappa shape index (κ1) is 19.5. The standard InChI is InChI=1S/C19H26N4O.ClH/c1-12(2)10-17(14-7-5-4-6-13(14)3)21-19(24)18-15-11-20-9-8-16(15)22-23-18;/h4-7,12,17,20H,8-11H2,1-3H3,(H,21,24)(H,22,23);1H. The highest BCUT2D eigenvalue weighted by Gasteiger charge is 2.24. The lowest BCUT2D eigenvalue weighted by molar-refractivity contribution is 0.0925. The monoisotopic (exact) mass is 362 g/mol. The molecule has 25 heavy (non-hydrogen) atoms. The average Bonchev–Trinajstić information content (AvgIpc) is 2.98. The molecule has 1 unspecified atom stereocenters. The molecule has 3 rings (SSSR count). The first-order chi connectivity index (χ1) is 11.6. The molecule has 2 heterocycles. The first-order valence-corrected chi connectivity index (χ1v) is 8.69. The van der Waals surface area contributed by atoms with Crippen molar-refractivity contribution in [3.05, 3.63) is 52.3 Å². The van der Waals surface area contributed by atoms with Crippen LogP contribution in [0.15, 0.2) is 24.3 Å². The molecule has 1 aliphatic heterocycles. The average molecular weight is 363 g/mol. The number of fused-ring (bicyclic) bond motifs is 1. The number of carbonyl (C=O) groups is 1. The molecule has 5 nitrogen and oxygen atoms in total. The molecule has 0 fully saturated rings. The topological polar surface area (TPSA) is 69.8 Å². The quantitative estimate of drug-likeness (QED) is 0.764. The molecule has 1 aromatic carbocycles. The Hall–Kier alpha value is -1.85. The van der Waals surface area contributed by atoms with E-state index in [1.165, 1.54) is 11.1 Å². The second-order valence-electron chi connectivity index (χ2n) is 6.97. The van der Waals surface area contributed by atoms with Crippen molar-refractivity contribution >= 4 is 18.3 Å². The summed E-state index contributed by atoms with van der Waals surface area (Å²) in [6, 6.07) is 8.26. The number of aromatic amines is 1. The van der Waals surface area contributed by atoms with Gasteiger partial charge >= 0.3 is 0 Å². The van der Waals surface area contributed by atoms with E-state index in [2.05, 4.69) is 53.7 Å². The third kappa shape index (κ3) is 4.41. The number of rotatable bonds is 5. The summed E-state index contributed by atoms with van der Waals surface area (Å²) in [5.41, 5.74) is 5.00. The molecular formula is C19H27ClN4O. The summed E-state index contributed by atoms with van der Waals surface area (Å²) in [5.74, 6) is 0.398. The van der Waals surface area contributed by atoms with E-state index in [4.69, 9.17) is 0 Å². The zero-order valence-corrected chi connectivity index (χ0v) is 15.9. The number of carbonyl (C=O) groups excluding carboxylic acids is 1. The van der Waals surface area contributed by atoms with Crippen LogP contribution in [-0.4, -0.2) is 22.6 Å². The largest absolute Gasteiger partial charge is 0.344 e. The van der Waals surface area contributed by atoms with Crippen molar-refractivity contribution in [1.82, 2.24) is 20.8 Å². The van der Waals surface area contributed by atoms with Crippen molar-refractivity contribution in [3.63, 3.8) is 0 Å². The van der Waals surface area contributed by atoms with Crippen LogP contribution in [0.25, 0.3) is 0 Å². The van der Waals surface area contributed by atoms with Gasteiger partial charge in [0.1, 0.15) is 0 Å². The van der Waals surface area contributed by atoms with Crippen LogP contribution in [0.2, 0.25) is 0 Å². The van der Waals surface area contributed by atoms with Gasteiger partial charge in [-0.05, 0) is 30.4 Å². The fraction of sp³-hybridized carbons (Fsp3) is 0.474. The van der Waals surface area contributed by atoms with E-state index < -0.39 is 0 Å². The molecule has 0 saturated carbocycles. The van der Waals surface area contributed by atoms with Crippen LogP contribution < -0.4 is 10.6 Å². The Morgan fingerprint density at radius 1 is 1.32 bits per heavy atom. The highest BCUT2D eigenvalue weighted by molar-refractivity contribution is 5.94. The minimum atomic E-state index is -0.0925. The molecule has 0 radical (unpaired) electrons. The Morgan fingerprint density at radius 3 is 2.80 bits per heavy atom. The molecule has 0 aliphatic carbocycles. The van der Waals surface area contributed by atoms with Gasteiger partial charge in [-0.3, -0.25) is 9.89 Å². The summed E-state index contributed by atoms with van der Waals surface area (Å²) in [7, 11) is 0. The molecule has 1 amide bonds. The molecular weight excluding hydrogens is 336 g/mol. The Labute approximate surface area is 155 Å². The zero-order valence-electron chi connectivity index (χ0n) is 15.1. The van der Waals surface area contributed by atoms with E-state index in [0.717, 1.165) is 30.6 Å². The normalized spacial score (nSPS) is 14.6. The summed E-state index contributed by atoms with van der Waals surface area (Å²) in [4.78, 5) is 12.8. The van der Waals surface area contributed by atoms with Crippen LogP contribution in [0.4, 0.5) is 0 Å². The number of amides is 1. The molecule has 6 heteroatoms. The number of H-pyrrole nitrogens is 1. The van der Waals surface area contributed by atoms with Gasteiger partial charge < -0.3 is 10.6 Å². The van der Waals surface area contributed by atoms with Gasteiger partial charge in [-0.2, -0.15) is 5.10 Å². The van der Waals surface area contributed by atoms with E-state index in [9.17, 15) is 4.79 Å². The predicted octanol–water partition coefficient (Wildman–Crippen LogP) is 3.30. The molecule has 0 bridgehead atoms. The number of hydrogen-bond acceptors (Lipinski definition) is 3. The molecule has 136 valence electrons. The van der Waals surface area contributed by atoms with Crippen molar-refractivity contribution < 1.29 is 4.79 Å². The second kappa shape index (κ2) is 8.50. The van der Waals surface area contributed by atoms with Gasteiger partial charge in [-0.25, -0.2) is 0 Å². The SMILES string of the molecule is Cc1ccccc1C(CC(C)C)NC(=O)c1n[nH]c2c1CNCC2.Cl. The summed E-state index contributed by atoms with van der Waals surface area (Å²) < 4.78 is 0.